The summed E-state index contributed by atoms with van der Waals surface area (Å²) in [5, 5.41) is 0. The van der Waals surface area contributed by atoms with Crippen molar-refractivity contribution in [3.05, 3.63) is 0 Å². The van der Waals surface area contributed by atoms with Gasteiger partial charge in [0.15, 0.2) is 0 Å². The van der Waals surface area contributed by atoms with Gasteiger partial charge >= 0.3 is 0 Å². The van der Waals surface area contributed by atoms with Crippen LogP contribution in [-0.2, 0) is 4.79 Å². The molecular formula is C5H9NO. The molecule has 40 valence electrons. The van der Waals surface area contributed by atoms with Crippen molar-refractivity contribution in [3.63, 3.8) is 0 Å². The molecule has 1 rings (SSSR count). The van der Waals surface area contributed by atoms with E-state index in [4.69, 9.17) is 5.73 Å². The first-order valence-electron chi connectivity index (χ1n) is 2.51. The molecule has 1 fully saturated rings. The van der Waals surface area contributed by atoms with Gasteiger partial charge in [0.25, 0.3) is 0 Å². The van der Waals surface area contributed by atoms with Crippen LogP contribution >= 0.6 is 0 Å². The van der Waals surface area contributed by atoms with Gasteiger partial charge in [-0.1, -0.05) is 6.92 Å². The molecule has 0 aromatic heterocycles. The Balaban J connectivity index is 2.33. The molecule has 0 saturated heterocycles. The van der Waals surface area contributed by atoms with E-state index in [0.29, 0.717) is 5.92 Å². The van der Waals surface area contributed by atoms with E-state index in [1.165, 1.54) is 0 Å². The van der Waals surface area contributed by atoms with Crippen molar-refractivity contribution in [2.24, 2.45) is 17.6 Å². The Morgan fingerprint density at radius 3 is 2.29 bits per heavy atom. The van der Waals surface area contributed by atoms with Gasteiger partial charge in [0, 0.05) is 5.92 Å². The Bertz CT molecular complexity index is 100. The third kappa shape index (κ3) is 0.734. The fourth-order valence-electron chi connectivity index (χ4n) is 0.719. The Kier molecular flexibility index (Phi) is 0.805. The van der Waals surface area contributed by atoms with Crippen LogP contribution in [0.4, 0.5) is 0 Å². The molecule has 0 heterocycles. The lowest BCUT2D eigenvalue weighted by molar-refractivity contribution is -0.119. The second kappa shape index (κ2) is 1.22. The molecule has 2 N–H and O–H groups in total. The second-order valence-corrected chi connectivity index (χ2v) is 2.22. The van der Waals surface area contributed by atoms with E-state index in [1.807, 2.05) is 6.92 Å². The molecule has 1 aliphatic rings. The van der Waals surface area contributed by atoms with Crippen LogP contribution in [0.1, 0.15) is 13.3 Å². The van der Waals surface area contributed by atoms with E-state index in [-0.39, 0.29) is 11.8 Å². The van der Waals surface area contributed by atoms with Crippen LogP contribution in [0.2, 0.25) is 0 Å². The fraction of sp³-hybridized carbons (Fsp3) is 0.800. The first kappa shape index (κ1) is 4.62. The number of nitrogens with two attached hydrogens (primary N) is 1. The Hall–Kier alpha value is -0.530. The molecule has 0 radical (unpaired) electrons. The summed E-state index contributed by atoms with van der Waals surface area (Å²) in [5.74, 6) is 0.644. The minimum atomic E-state index is -0.132. The first-order chi connectivity index (χ1) is 3.22. The lowest BCUT2D eigenvalue weighted by Gasteiger charge is -1.81. The number of carbonyl (C=O) groups excluding carboxylic acids is 1. The van der Waals surface area contributed by atoms with Crippen molar-refractivity contribution in [3.8, 4) is 0 Å². The standard InChI is InChI=1S/C5H9NO/c1-3-2-4(3)5(6)7/h3-4H,2H2,1H3,(H2,6,7)/t3-,4-/m1/s1. The van der Waals surface area contributed by atoms with Gasteiger partial charge in [0.1, 0.15) is 0 Å². The van der Waals surface area contributed by atoms with Gasteiger partial charge < -0.3 is 5.73 Å². The molecule has 1 saturated carbocycles. The summed E-state index contributed by atoms with van der Waals surface area (Å²) in [4.78, 5) is 10.2. The first-order valence-corrected chi connectivity index (χ1v) is 2.51. The summed E-state index contributed by atoms with van der Waals surface area (Å²) >= 11 is 0. The Labute approximate surface area is 42.7 Å². The minimum absolute atomic E-state index is 0.132. The van der Waals surface area contributed by atoms with E-state index in [2.05, 4.69) is 0 Å². The van der Waals surface area contributed by atoms with Crippen LogP contribution in [0.25, 0.3) is 0 Å². The molecule has 2 atom stereocenters. The smallest absolute Gasteiger partial charge is 0.220 e. The van der Waals surface area contributed by atoms with Crippen LogP contribution in [0.15, 0.2) is 0 Å². The number of hydrogen-bond donors (Lipinski definition) is 1. The highest BCUT2D eigenvalue weighted by Gasteiger charge is 2.37. The molecule has 0 unspecified atom stereocenters. The third-order valence-corrected chi connectivity index (χ3v) is 1.47. The SMILES string of the molecule is C[C@@H]1C[C@H]1C(N)=O. The van der Waals surface area contributed by atoms with Gasteiger partial charge in [-0.25, -0.2) is 0 Å². The molecule has 7 heavy (non-hydrogen) atoms. The highest BCUT2D eigenvalue weighted by Crippen LogP contribution is 2.36. The van der Waals surface area contributed by atoms with Gasteiger partial charge in [0.05, 0.1) is 0 Å². The molecule has 0 aromatic rings. The Morgan fingerprint density at radius 1 is 1.86 bits per heavy atom. The lowest BCUT2D eigenvalue weighted by atomic mass is 10.3. The van der Waals surface area contributed by atoms with Crippen molar-refractivity contribution in [2.75, 3.05) is 0 Å². The summed E-state index contributed by atoms with van der Waals surface area (Å²) < 4.78 is 0. The average Bonchev–Trinajstić information content (AvgIpc) is 2.17. The summed E-state index contributed by atoms with van der Waals surface area (Å²) in [6.07, 6.45) is 1.01. The number of rotatable bonds is 1. The molecule has 2 nitrogen and oxygen atoms in total. The van der Waals surface area contributed by atoms with Crippen LogP contribution in [0, 0.1) is 11.8 Å². The van der Waals surface area contributed by atoms with Gasteiger partial charge in [0.2, 0.25) is 5.91 Å². The maximum atomic E-state index is 10.2. The maximum Gasteiger partial charge on any atom is 0.220 e. The van der Waals surface area contributed by atoms with Gasteiger partial charge in [-0.2, -0.15) is 0 Å². The lowest BCUT2D eigenvalue weighted by Crippen LogP contribution is -2.13. The highest BCUT2D eigenvalue weighted by atomic mass is 16.1. The van der Waals surface area contributed by atoms with E-state index < -0.39 is 0 Å². The summed E-state index contributed by atoms with van der Waals surface area (Å²) in [7, 11) is 0. The van der Waals surface area contributed by atoms with Crippen LogP contribution < -0.4 is 5.73 Å². The monoisotopic (exact) mass is 99.1 g/mol. The van der Waals surface area contributed by atoms with Gasteiger partial charge in [-0.3, -0.25) is 4.79 Å². The van der Waals surface area contributed by atoms with E-state index in [9.17, 15) is 4.79 Å². The molecular weight excluding hydrogens is 90.1 g/mol. The van der Waals surface area contributed by atoms with E-state index in [0.717, 1.165) is 6.42 Å². The maximum absolute atomic E-state index is 10.2. The number of primary amides is 1. The van der Waals surface area contributed by atoms with Crippen LogP contribution in [-0.4, -0.2) is 5.91 Å². The predicted octanol–water partition coefficient (Wildman–Crippen LogP) is 0.128. The highest BCUT2D eigenvalue weighted by molar-refractivity contribution is 5.79. The zero-order valence-corrected chi connectivity index (χ0v) is 4.35. The normalized spacial score (nSPS) is 37.9. The largest absolute Gasteiger partial charge is 0.369 e. The van der Waals surface area contributed by atoms with Crippen molar-refractivity contribution in [1.29, 1.82) is 0 Å². The topological polar surface area (TPSA) is 43.1 Å². The van der Waals surface area contributed by atoms with E-state index in [1.54, 1.807) is 0 Å². The fourth-order valence-corrected chi connectivity index (χ4v) is 0.719. The molecule has 0 aromatic carbocycles. The molecule has 1 aliphatic carbocycles. The molecule has 2 heteroatoms. The quantitative estimate of drug-likeness (QED) is 0.498. The number of carbonyl (C=O) groups is 1. The van der Waals surface area contributed by atoms with E-state index >= 15 is 0 Å². The van der Waals surface area contributed by atoms with Crippen molar-refractivity contribution < 1.29 is 4.79 Å². The summed E-state index contributed by atoms with van der Waals surface area (Å²) in [6, 6.07) is 0. The van der Waals surface area contributed by atoms with Crippen molar-refractivity contribution in [2.45, 2.75) is 13.3 Å². The van der Waals surface area contributed by atoms with Crippen LogP contribution in [0.5, 0.6) is 0 Å². The number of hydrogen-bond acceptors (Lipinski definition) is 1. The molecule has 0 bridgehead atoms. The zero-order valence-electron chi connectivity index (χ0n) is 4.35. The molecule has 0 spiro atoms. The third-order valence-electron chi connectivity index (χ3n) is 1.47. The second-order valence-electron chi connectivity index (χ2n) is 2.22. The van der Waals surface area contributed by atoms with Crippen molar-refractivity contribution >= 4 is 5.91 Å². The zero-order chi connectivity index (χ0) is 5.44. The summed E-state index contributed by atoms with van der Waals surface area (Å²) in [6.45, 7) is 2.04. The van der Waals surface area contributed by atoms with Gasteiger partial charge in [-0.05, 0) is 12.3 Å². The molecule has 1 amide bonds. The number of amides is 1. The average molecular weight is 99.1 g/mol. The minimum Gasteiger partial charge on any atom is -0.369 e. The molecule has 0 aliphatic heterocycles. The van der Waals surface area contributed by atoms with Gasteiger partial charge in [-0.15, -0.1) is 0 Å². The summed E-state index contributed by atoms with van der Waals surface area (Å²) in [5.41, 5.74) is 4.95. The van der Waals surface area contributed by atoms with Crippen molar-refractivity contribution in [1.82, 2.24) is 0 Å². The van der Waals surface area contributed by atoms with Crippen LogP contribution in [0.3, 0.4) is 0 Å². The Morgan fingerprint density at radius 2 is 2.29 bits per heavy atom. The predicted molar refractivity (Wildman–Crippen MR) is 26.5 cm³/mol.